The van der Waals surface area contributed by atoms with Gasteiger partial charge in [0.25, 0.3) is 0 Å². The van der Waals surface area contributed by atoms with Gasteiger partial charge in [-0.25, -0.2) is 4.39 Å². The molecule has 2 amide bonds. The van der Waals surface area contributed by atoms with E-state index in [0.29, 0.717) is 25.9 Å². The first-order valence-corrected chi connectivity index (χ1v) is 8.36. The van der Waals surface area contributed by atoms with Crippen molar-refractivity contribution in [3.8, 4) is 0 Å². The number of halogens is 1. The fourth-order valence-electron chi connectivity index (χ4n) is 2.35. The van der Waals surface area contributed by atoms with Crippen LogP contribution in [0.3, 0.4) is 0 Å². The maximum atomic E-state index is 12.8. The number of hydrogen-bond donors (Lipinski definition) is 2. The first-order chi connectivity index (χ1) is 12.0. The molecule has 2 aromatic carbocycles. The Morgan fingerprint density at radius 1 is 0.840 bits per heavy atom. The maximum absolute atomic E-state index is 12.8. The zero-order chi connectivity index (χ0) is 18.1. The van der Waals surface area contributed by atoms with Gasteiger partial charge in [0.2, 0.25) is 11.8 Å². The van der Waals surface area contributed by atoms with Gasteiger partial charge in [0, 0.05) is 19.5 Å². The summed E-state index contributed by atoms with van der Waals surface area (Å²) >= 11 is 0. The normalized spacial score (nSPS) is 10.3. The van der Waals surface area contributed by atoms with Crippen LogP contribution in [0.15, 0.2) is 48.5 Å². The van der Waals surface area contributed by atoms with Crippen molar-refractivity contribution in [1.29, 1.82) is 0 Å². The Bertz CT molecular complexity index is 697. The fourth-order valence-corrected chi connectivity index (χ4v) is 2.35. The molecule has 0 bridgehead atoms. The lowest BCUT2D eigenvalue weighted by Crippen LogP contribution is -2.35. The number of amides is 2. The second-order valence-electron chi connectivity index (χ2n) is 5.99. The van der Waals surface area contributed by atoms with Crippen LogP contribution in [0.25, 0.3) is 0 Å². The summed E-state index contributed by atoms with van der Waals surface area (Å²) in [7, 11) is 0. The molecule has 132 valence electrons. The third-order valence-electron chi connectivity index (χ3n) is 3.81. The van der Waals surface area contributed by atoms with Crippen molar-refractivity contribution < 1.29 is 14.0 Å². The van der Waals surface area contributed by atoms with Crippen molar-refractivity contribution in [2.75, 3.05) is 13.1 Å². The molecule has 2 aromatic rings. The summed E-state index contributed by atoms with van der Waals surface area (Å²) in [5, 5.41) is 5.52. The molecule has 0 aromatic heterocycles. The largest absolute Gasteiger partial charge is 0.354 e. The molecule has 0 spiro atoms. The highest BCUT2D eigenvalue weighted by molar-refractivity contribution is 5.79. The van der Waals surface area contributed by atoms with Crippen molar-refractivity contribution >= 4 is 11.8 Å². The molecule has 0 radical (unpaired) electrons. The first-order valence-electron chi connectivity index (χ1n) is 8.36. The number of hydrogen-bond acceptors (Lipinski definition) is 2. The van der Waals surface area contributed by atoms with E-state index in [4.69, 9.17) is 0 Å². The van der Waals surface area contributed by atoms with Crippen LogP contribution in [-0.4, -0.2) is 24.9 Å². The van der Waals surface area contributed by atoms with Crippen molar-refractivity contribution in [2.24, 2.45) is 0 Å². The molecule has 2 rings (SSSR count). The minimum atomic E-state index is -0.322. The number of nitrogens with one attached hydrogen (secondary N) is 2. The van der Waals surface area contributed by atoms with E-state index in [9.17, 15) is 14.0 Å². The van der Waals surface area contributed by atoms with Crippen LogP contribution < -0.4 is 10.6 Å². The van der Waals surface area contributed by atoms with E-state index in [0.717, 1.165) is 11.1 Å². The van der Waals surface area contributed by atoms with Crippen LogP contribution in [0.2, 0.25) is 0 Å². The lowest BCUT2D eigenvalue weighted by atomic mass is 10.1. The minimum absolute atomic E-state index is 0.0339. The zero-order valence-electron chi connectivity index (χ0n) is 14.3. The van der Waals surface area contributed by atoms with Gasteiger partial charge in [-0.15, -0.1) is 0 Å². The summed E-state index contributed by atoms with van der Waals surface area (Å²) in [6.45, 7) is 2.79. The van der Waals surface area contributed by atoms with Gasteiger partial charge < -0.3 is 10.6 Å². The Hall–Kier alpha value is -2.69. The first kappa shape index (κ1) is 18.6. The zero-order valence-corrected chi connectivity index (χ0v) is 14.3. The summed E-state index contributed by atoms with van der Waals surface area (Å²) in [6, 6.07) is 13.9. The minimum Gasteiger partial charge on any atom is -0.354 e. The Labute approximate surface area is 147 Å². The van der Waals surface area contributed by atoms with Crippen LogP contribution in [-0.2, 0) is 22.4 Å². The second kappa shape index (κ2) is 9.57. The van der Waals surface area contributed by atoms with Crippen LogP contribution in [0.5, 0.6) is 0 Å². The van der Waals surface area contributed by atoms with E-state index in [1.165, 1.54) is 17.7 Å². The average molecular weight is 342 g/mol. The molecule has 0 aliphatic heterocycles. The Kier molecular flexibility index (Phi) is 7.14. The Morgan fingerprint density at radius 3 is 2.04 bits per heavy atom. The second-order valence-corrected chi connectivity index (χ2v) is 5.99. The summed E-state index contributed by atoms with van der Waals surface area (Å²) in [5.41, 5.74) is 3.08. The van der Waals surface area contributed by atoms with E-state index in [-0.39, 0.29) is 24.1 Å². The smallest absolute Gasteiger partial charge is 0.224 e. The van der Waals surface area contributed by atoms with Crippen LogP contribution >= 0.6 is 0 Å². The van der Waals surface area contributed by atoms with E-state index in [1.54, 1.807) is 12.1 Å². The predicted octanol–water partition coefficient (Wildman–Crippen LogP) is 2.54. The van der Waals surface area contributed by atoms with Gasteiger partial charge in [-0.2, -0.15) is 0 Å². The van der Waals surface area contributed by atoms with Crippen molar-refractivity contribution in [1.82, 2.24) is 10.6 Å². The van der Waals surface area contributed by atoms with E-state index >= 15 is 0 Å². The van der Waals surface area contributed by atoms with Gasteiger partial charge >= 0.3 is 0 Å². The molecular weight excluding hydrogens is 319 g/mol. The van der Waals surface area contributed by atoms with Crippen LogP contribution in [0, 0.1) is 12.7 Å². The van der Waals surface area contributed by atoms with Gasteiger partial charge in [-0.05, 0) is 36.6 Å². The molecule has 0 heterocycles. The molecule has 0 aliphatic carbocycles. The maximum Gasteiger partial charge on any atom is 0.224 e. The number of aryl methyl sites for hydroxylation is 2. The highest BCUT2D eigenvalue weighted by Crippen LogP contribution is 2.05. The third kappa shape index (κ3) is 7.16. The van der Waals surface area contributed by atoms with Gasteiger partial charge in [-0.1, -0.05) is 42.0 Å². The highest BCUT2D eigenvalue weighted by Gasteiger charge is 2.05. The molecule has 0 aliphatic rings. The van der Waals surface area contributed by atoms with Crippen LogP contribution in [0.4, 0.5) is 4.39 Å². The van der Waals surface area contributed by atoms with Crippen LogP contribution in [0.1, 0.15) is 23.1 Å². The molecule has 0 saturated heterocycles. The Balaban J connectivity index is 1.58. The fraction of sp³-hybridized carbons (Fsp3) is 0.300. The van der Waals surface area contributed by atoms with E-state index < -0.39 is 0 Å². The number of carbonyl (C=O) groups excluding carboxylic acids is 2. The quantitative estimate of drug-likeness (QED) is 0.725. The van der Waals surface area contributed by atoms with Crippen molar-refractivity contribution in [3.05, 3.63) is 71.0 Å². The molecular formula is C20H23FN2O2. The molecule has 0 atom stereocenters. The predicted molar refractivity (Wildman–Crippen MR) is 95.6 cm³/mol. The molecule has 2 N–H and O–H groups in total. The van der Waals surface area contributed by atoms with Gasteiger partial charge in [0.1, 0.15) is 5.82 Å². The lowest BCUT2D eigenvalue weighted by molar-refractivity contribution is -0.122. The third-order valence-corrected chi connectivity index (χ3v) is 3.81. The highest BCUT2D eigenvalue weighted by atomic mass is 19.1. The van der Waals surface area contributed by atoms with Crippen molar-refractivity contribution in [2.45, 2.75) is 26.2 Å². The number of rotatable bonds is 8. The summed E-state index contributed by atoms with van der Waals surface area (Å²) in [6.07, 6.45) is 1.32. The summed E-state index contributed by atoms with van der Waals surface area (Å²) < 4.78 is 12.8. The Morgan fingerprint density at radius 2 is 1.40 bits per heavy atom. The standard InChI is InChI=1S/C20H23FN2O2/c1-15-2-4-16(5-3-15)8-11-19(24)22-12-13-23-20(25)14-17-6-9-18(21)10-7-17/h2-7,9-10H,8,11-14H2,1H3,(H,22,24)(H,23,25). The number of benzene rings is 2. The molecule has 0 unspecified atom stereocenters. The topological polar surface area (TPSA) is 58.2 Å². The van der Waals surface area contributed by atoms with E-state index in [2.05, 4.69) is 10.6 Å². The van der Waals surface area contributed by atoms with E-state index in [1.807, 2.05) is 31.2 Å². The van der Waals surface area contributed by atoms with Gasteiger partial charge in [0.05, 0.1) is 6.42 Å². The summed E-state index contributed by atoms with van der Waals surface area (Å²) in [5.74, 6) is -0.508. The molecule has 25 heavy (non-hydrogen) atoms. The monoisotopic (exact) mass is 342 g/mol. The lowest BCUT2D eigenvalue weighted by Gasteiger charge is -2.08. The van der Waals surface area contributed by atoms with Crippen molar-refractivity contribution in [3.63, 3.8) is 0 Å². The summed E-state index contributed by atoms with van der Waals surface area (Å²) in [4.78, 5) is 23.6. The van der Waals surface area contributed by atoms with Gasteiger partial charge in [0.15, 0.2) is 0 Å². The molecule has 5 heteroatoms. The SMILES string of the molecule is Cc1ccc(CCC(=O)NCCNC(=O)Cc2ccc(F)cc2)cc1. The average Bonchev–Trinajstić information content (AvgIpc) is 2.60. The number of carbonyl (C=O) groups is 2. The molecule has 0 saturated carbocycles. The van der Waals surface area contributed by atoms with Gasteiger partial charge in [-0.3, -0.25) is 9.59 Å². The molecule has 4 nitrogen and oxygen atoms in total. The molecule has 0 fully saturated rings.